The molecule has 1 fully saturated rings. The SMILES string of the molecule is CCNC(=NCC1CCCN(C(=O)OC(C)(C)C)C1)NCCNC(=O)OC(C)(C)C.I. The smallest absolute Gasteiger partial charge is 0.410 e. The largest absolute Gasteiger partial charge is 0.444 e. The molecule has 1 heterocycles. The Hall–Kier alpha value is -1.46. The van der Waals surface area contributed by atoms with Crippen molar-refractivity contribution in [2.75, 3.05) is 39.3 Å². The normalized spacial score (nSPS) is 17.3. The van der Waals surface area contributed by atoms with E-state index < -0.39 is 17.3 Å². The van der Waals surface area contributed by atoms with Crippen molar-refractivity contribution >= 4 is 42.1 Å². The maximum Gasteiger partial charge on any atom is 0.410 e. The highest BCUT2D eigenvalue weighted by atomic mass is 127. The first-order valence-electron chi connectivity index (χ1n) is 10.9. The number of piperidine rings is 1. The highest BCUT2D eigenvalue weighted by Crippen LogP contribution is 2.19. The summed E-state index contributed by atoms with van der Waals surface area (Å²) in [5.74, 6) is 0.986. The van der Waals surface area contributed by atoms with E-state index in [0.717, 1.165) is 25.9 Å². The first-order valence-corrected chi connectivity index (χ1v) is 10.9. The molecule has 1 aliphatic rings. The number of ether oxygens (including phenoxy) is 2. The molecule has 182 valence electrons. The quantitative estimate of drug-likeness (QED) is 0.201. The van der Waals surface area contributed by atoms with Crippen LogP contribution in [0.15, 0.2) is 4.99 Å². The first kappa shape index (κ1) is 29.5. The number of rotatable bonds is 6. The van der Waals surface area contributed by atoms with Gasteiger partial charge in [0.2, 0.25) is 0 Å². The molecule has 0 bridgehead atoms. The maximum atomic E-state index is 12.3. The Labute approximate surface area is 204 Å². The summed E-state index contributed by atoms with van der Waals surface area (Å²) in [5.41, 5.74) is -1.00. The van der Waals surface area contributed by atoms with Gasteiger partial charge in [0.25, 0.3) is 0 Å². The molecule has 0 saturated carbocycles. The van der Waals surface area contributed by atoms with Crippen LogP contribution in [0.25, 0.3) is 0 Å². The van der Waals surface area contributed by atoms with Crippen LogP contribution in [0.1, 0.15) is 61.3 Å². The minimum atomic E-state index is -0.513. The van der Waals surface area contributed by atoms with Crippen LogP contribution in [0, 0.1) is 5.92 Å². The van der Waals surface area contributed by atoms with E-state index >= 15 is 0 Å². The van der Waals surface area contributed by atoms with Crippen molar-refractivity contribution < 1.29 is 19.1 Å². The van der Waals surface area contributed by atoms with Gasteiger partial charge in [0.15, 0.2) is 5.96 Å². The molecule has 2 amide bonds. The van der Waals surface area contributed by atoms with Crippen molar-refractivity contribution in [3.8, 4) is 0 Å². The fourth-order valence-corrected chi connectivity index (χ4v) is 2.93. The molecule has 0 aromatic heterocycles. The minimum Gasteiger partial charge on any atom is -0.444 e. The van der Waals surface area contributed by atoms with Gasteiger partial charge in [-0.25, -0.2) is 9.59 Å². The van der Waals surface area contributed by atoms with Gasteiger partial charge >= 0.3 is 12.2 Å². The number of hydrogen-bond donors (Lipinski definition) is 3. The third kappa shape index (κ3) is 14.3. The molecule has 0 aliphatic carbocycles. The Morgan fingerprint density at radius 3 is 2.19 bits per heavy atom. The van der Waals surface area contributed by atoms with Crippen molar-refractivity contribution in [1.82, 2.24) is 20.9 Å². The number of amides is 2. The lowest BCUT2D eigenvalue weighted by molar-refractivity contribution is 0.0170. The number of nitrogens with zero attached hydrogens (tertiary/aromatic N) is 2. The second kappa shape index (κ2) is 13.8. The average molecular weight is 556 g/mol. The van der Waals surface area contributed by atoms with Crippen LogP contribution in [-0.4, -0.2) is 73.5 Å². The molecule has 1 rings (SSSR count). The molecule has 0 spiro atoms. The molecule has 1 saturated heterocycles. The van der Waals surface area contributed by atoms with E-state index in [0.29, 0.717) is 38.1 Å². The van der Waals surface area contributed by atoms with E-state index in [1.165, 1.54) is 0 Å². The van der Waals surface area contributed by atoms with Gasteiger partial charge in [0.1, 0.15) is 11.2 Å². The zero-order chi connectivity index (χ0) is 22.8. The van der Waals surface area contributed by atoms with Crippen molar-refractivity contribution in [3.63, 3.8) is 0 Å². The Morgan fingerprint density at radius 2 is 1.61 bits per heavy atom. The molecule has 0 aromatic carbocycles. The summed E-state index contributed by atoms with van der Waals surface area (Å²) in [6, 6.07) is 0. The van der Waals surface area contributed by atoms with E-state index in [1.54, 1.807) is 4.90 Å². The Bertz CT molecular complexity index is 587. The standard InChI is InChI=1S/C21H41N5O4.HI/c1-8-22-17(23-11-12-24-18(27)29-20(2,3)4)25-14-16-10-9-13-26(15-16)19(28)30-21(5,6)7;/h16H,8-15H2,1-7H3,(H,24,27)(H2,22,23,25);1H. The van der Waals surface area contributed by atoms with Crippen molar-refractivity contribution in [3.05, 3.63) is 0 Å². The van der Waals surface area contributed by atoms with Crippen LogP contribution in [0.2, 0.25) is 0 Å². The molecule has 1 aliphatic heterocycles. The molecule has 1 atom stereocenters. The monoisotopic (exact) mass is 555 g/mol. The van der Waals surface area contributed by atoms with E-state index in [1.807, 2.05) is 48.5 Å². The second-order valence-electron chi connectivity index (χ2n) is 9.51. The number of carbonyl (C=O) groups excluding carboxylic acids is 2. The fraction of sp³-hybridized carbons (Fsp3) is 0.857. The van der Waals surface area contributed by atoms with Crippen LogP contribution >= 0.6 is 24.0 Å². The molecule has 0 radical (unpaired) electrons. The summed E-state index contributed by atoms with van der Waals surface area (Å²) in [6.45, 7) is 16.8. The van der Waals surface area contributed by atoms with Gasteiger partial charge in [0.05, 0.1) is 0 Å². The predicted octanol–water partition coefficient (Wildman–Crippen LogP) is 3.33. The number of nitrogens with one attached hydrogen (secondary N) is 3. The van der Waals surface area contributed by atoms with Crippen LogP contribution < -0.4 is 16.0 Å². The number of aliphatic imine (C=N–C) groups is 1. The van der Waals surface area contributed by atoms with Crippen LogP contribution in [-0.2, 0) is 9.47 Å². The summed E-state index contributed by atoms with van der Waals surface area (Å²) in [5, 5.41) is 9.12. The fourth-order valence-electron chi connectivity index (χ4n) is 2.93. The highest BCUT2D eigenvalue weighted by molar-refractivity contribution is 14.0. The molecule has 31 heavy (non-hydrogen) atoms. The minimum absolute atomic E-state index is 0. The summed E-state index contributed by atoms with van der Waals surface area (Å²) >= 11 is 0. The van der Waals surface area contributed by atoms with Gasteiger partial charge in [0, 0.05) is 39.3 Å². The van der Waals surface area contributed by atoms with Gasteiger partial charge in [-0.05, 0) is 67.2 Å². The van der Waals surface area contributed by atoms with E-state index in [9.17, 15) is 9.59 Å². The third-order valence-electron chi connectivity index (χ3n) is 4.11. The summed E-state index contributed by atoms with van der Waals surface area (Å²) in [4.78, 5) is 30.4. The molecular formula is C21H42IN5O4. The molecule has 0 aromatic rings. The molecule has 1 unspecified atom stereocenters. The molecular weight excluding hydrogens is 513 g/mol. The zero-order valence-corrected chi connectivity index (χ0v) is 22.5. The van der Waals surface area contributed by atoms with E-state index in [4.69, 9.17) is 9.47 Å². The Morgan fingerprint density at radius 1 is 1.00 bits per heavy atom. The summed E-state index contributed by atoms with van der Waals surface area (Å²) < 4.78 is 10.7. The van der Waals surface area contributed by atoms with Crippen molar-refractivity contribution in [2.45, 2.75) is 72.5 Å². The number of halogens is 1. The maximum absolute atomic E-state index is 12.3. The van der Waals surface area contributed by atoms with Gasteiger partial charge in [-0.15, -0.1) is 24.0 Å². The lowest BCUT2D eigenvalue weighted by Gasteiger charge is -2.33. The molecule has 3 N–H and O–H groups in total. The zero-order valence-electron chi connectivity index (χ0n) is 20.2. The van der Waals surface area contributed by atoms with Crippen LogP contribution in [0.4, 0.5) is 9.59 Å². The second-order valence-corrected chi connectivity index (χ2v) is 9.51. The Kier molecular flexibility index (Phi) is 13.2. The number of alkyl carbamates (subject to hydrolysis) is 1. The van der Waals surface area contributed by atoms with Gasteiger partial charge in [-0.3, -0.25) is 4.99 Å². The lowest BCUT2D eigenvalue weighted by atomic mass is 9.98. The number of guanidine groups is 1. The molecule has 9 nitrogen and oxygen atoms in total. The van der Waals surface area contributed by atoms with Gasteiger partial charge in [-0.2, -0.15) is 0 Å². The lowest BCUT2D eigenvalue weighted by Crippen LogP contribution is -2.44. The van der Waals surface area contributed by atoms with Crippen LogP contribution in [0.3, 0.4) is 0 Å². The van der Waals surface area contributed by atoms with Gasteiger partial charge in [-0.1, -0.05) is 0 Å². The molecule has 10 heteroatoms. The highest BCUT2D eigenvalue weighted by Gasteiger charge is 2.27. The van der Waals surface area contributed by atoms with Crippen molar-refractivity contribution in [2.24, 2.45) is 10.9 Å². The summed E-state index contributed by atoms with van der Waals surface area (Å²) in [7, 11) is 0. The number of hydrogen-bond acceptors (Lipinski definition) is 5. The van der Waals surface area contributed by atoms with E-state index in [-0.39, 0.29) is 30.1 Å². The average Bonchev–Trinajstić information content (AvgIpc) is 2.60. The number of likely N-dealkylation sites (tertiary alicyclic amines) is 1. The summed E-state index contributed by atoms with van der Waals surface area (Å²) in [6.07, 6.45) is 1.29. The topological polar surface area (TPSA) is 104 Å². The third-order valence-corrected chi connectivity index (χ3v) is 4.11. The van der Waals surface area contributed by atoms with E-state index in [2.05, 4.69) is 20.9 Å². The first-order chi connectivity index (χ1) is 13.9. The Balaban J connectivity index is 0.00000900. The van der Waals surface area contributed by atoms with Crippen molar-refractivity contribution in [1.29, 1.82) is 0 Å². The number of carbonyl (C=O) groups is 2. The van der Waals surface area contributed by atoms with Gasteiger partial charge < -0.3 is 30.3 Å². The van der Waals surface area contributed by atoms with Crippen LogP contribution in [0.5, 0.6) is 0 Å². The predicted molar refractivity (Wildman–Crippen MR) is 134 cm³/mol.